The molecular weight excluding hydrogens is 329 g/mol. The minimum absolute atomic E-state index is 0.130. The molecule has 0 radical (unpaired) electrons. The van der Waals surface area contributed by atoms with Gasteiger partial charge in [0, 0.05) is 18.7 Å². The molecular formula is C21H26FN3O. The Morgan fingerprint density at radius 3 is 2.73 bits per heavy atom. The van der Waals surface area contributed by atoms with E-state index in [0.717, 1.165) is 37.8 Å². The minimum atomic E-state index is -0.278. The summed E-state index contributed by atoms with van der Waals surface area (Å²) >= 11 is 0. The number of amides is 1. The monoisotopic (exact) mass is 355 g/mol. The largest absolute Gasteiger partial charge is 0.333 e. The van der Waals surface area contributed by atoms with E-state index in [2.05, 4.69) is 16.8 Å². The molecule has 0 spiro atoms. The maximum atomic E-state index is 14.1. The molecule has 1 heterocycles. The second kappa shape index (κ2) is 8.30. The van der Waals surface area contributed by atoms with Crippen LogP contribution in [0.2, 0.25) is 0 Å². The van der Waals surface area contributed by atoms with Gasteiger partial charge in [0.1, 0.15) is 11.5 Å². The number of H-pyrrole nitrogens is 1. The van der Waals surface area contributed by atoms with Crippen LogP contribution in [0.4, 0.5) is 4.39 Å². The summed E-state index contributed by atoms with van der Waals surface area (Å²) in [7, 11) is 0. The van der Waals surface area contributed by atoms with Gasteiger partial charge in [-0.3, -0.25) is 9.89 Å². The van der Waals surface area contributed by atoms with Gasteiger partial charge in [-0.1, -0.05) is 30.4 Å². The Bertz CT molecular complexity index is 773. The zero-order chi connectivity index (χ0) is 18.5. The summed E-state index contributed by atoms with van der Waals surface area (Å²) in [5.74, 6) is 0.189. The number of aryl methyl sites for hydroxylation is 1. The van der Waals surface area contributed by atoms with Crippen molar-refractivity contribution in [2.75, 3.05) is 6.54 Å². The Balaban J connectivity index is 1.71. The number of nitrogens with zero attached hydrogens (tertiary/aromatic N) is 2. The number of aromatic amines is 1. The molecule has 0 atom stereocenters. The average molecular weight is 355 g/mol. The van der Waals surface area contributed by atoms with Gasteiger partial charge in [0.05, 0.1) is 5.69 Å². The van der Waals surface area contributed by atoms with Crippen molar-refractivity contribution in [1.29, 1.82) is 0 Å². The van der Waals surface area contributed by atoms with Crippen molar-refractivity contribution < 1.29 is 9.18 Å². The molecule has 0 aliphatic heterocycles. The van der Waals surface area contributed by atoms with Gasteiger partial charge >= 0.3 is 0 Å². The summed E-state index contributed by atoms with van der Waals surface area (Å²) in [5.41, 5.74) is 3.09. The third kappa shape index (κ3) is 4.59. The fourth-order valence-corrected chi connectivity index (χ4v) is 3.50. The Labute approximate surface area is 154 Å². The lowest BCUT2D eigenvalue weighted by atomic mass is 9.84. The average Bonchev–Trinajstić information content (AvgIpc) is 3.07. The van der Waals surface area contributed by atoms with Crippen molar-refractivity contribution >= 4 is 5.91 Å². The van der Waals surface area contributed by atoms with Crippen LogP contribution in [-0.2, 0) is 6.54 Å². The van der Waals surface area contributed by atoms with Gasteiger partial charge in [-0.25, -0.2) is 4.39 Å². The lowest BCUT2D eigenvalue weighted by Crippen LogP contribution is -2.33. The molecule has 1 aliphatic rings. The number of rotatable bonds is 6. The third-order valence-corrected chi connectivity index (χ3v) is 5.16. The maximum Gasteiger partial charge on any atom is 0.272 e. The SMILES string of the molecule is C=C1CCC(CCN(Cc2ccccc2F)C(=O)c2cc(C)n[nH]2)CC1. The van der Waals surface area contributed by atoms with Gasteiger partial charge in [-0.2, -0.15) is 5.10 Å². The van der Waals surface area contributed by atoms with Crippen molar-refractivity contribution in [3.63, 3.8) is 0 Å². The van der Waals surface area contributed by atoms with E-state index in [1.54, 1.807) is 29.2 Å². The molecule has 1 aliphatic carbocycles. The number of hydrogen-bond acceptors (Lipinski definition) is 2. The Morgan fingerprint density at radius 2 is 2.08 bits per heavy atom. The standard InChI is InChI=1S/C21H26FN3O/c1-15-7-9-17(10-8-15)11-12-25(14-18-5-3-4-6-19(18)22)21(26)20-13-16(2)23-24-20/h3-6,13,17H,1,7-12,14H2,2H3,(H,23,24). The molecule has 138 valence electrons. The summed E-state index contributed by atoms with van der Waals surface area (Å²) in [4.78, 5) is 14.6. The summed E-state index contributed by atoms with van der Waals surface area (Å²) in [5, 5.41) is 6.83. The smallest absolute Gasteiger partial charge is 0.272 e. The molecule has 0 saturated heterocycles. The molecule has 1 amide bonds. The van der Waals surface area contributed by atoms with Crippen LogP contribution in [-0.4, -0.2) is 27.5 Å². The fraction of sp³-hybridized carbons (Fsp3) is 0.429. The van der Waals surface area contributed by atoms with Crippen molar-refractivity contribution in [3.05, 3.63) is 65.3 Å². The molecule has 5 heteroatoms. The minimum Gasteiger partial charge on any atom is -0.333 e. The number of halogens is 1. The number of benzene rings is 1. The van der Waals surface area contributed by atoms with Crippen molar-refractivity contribution in [2.24, 2.45) is 5.92 Å². The molecule has 1 aromatic heterocycles. The topological polar surface area (TPSA) is 49.0 Å². The van der Waals surface area contributed by atoms with Gasteiger partial charge in [0.2, 0.25) is 0 Å². The van der Waals surface area contributed by atoms with Crippen molar-refractivity contribution in [1.82, 2.24) is 15.1 Å². The zero-order valence-electron chi connectivity index (χ0n) is 15.3. The van der Waals surface area contributed by atoms with Crippen LogP contribution >= 0.6 is 0 Å². The van der Waals surface area contributed by atoms with Gasteiger partial charge < -0.3 is 4.90 Å². The Kier molecular flexibility index (Phi) is 5.86. The lowest BCUT2D eigenvalue weighted by molar-refractivity contribution is 0.0722. The van der Waals surface area contributed by atoms with Crippen LogP contribution in [0.25, 0.3) is 0 Å². The number of aromatic nitrogens is 2. The highest BCUT2D eigenvalue weighted by Crippen LogP contribution is 2.29. The van der Waals surface area contributed by atoms with Gasteiger partial charge in [0.15, 0.2) is 0 Å². The first-order valence-electron chi connectivity index (χ1n) is 9.24. The zero-order valence-corrected chi connectivity index (χ0v) is 15.3. The van der Waals surface area contributed by atoms with E-state index < -0.39 is 0 Å². The first kappa shape index (κ1) is 18.4. The van der Waals surface area contributed by atoms with E-state index in [9.17, 15) is 9.18 Å². The molecule has 2 aromatic rings. The van der Waals surface area contributed by atoms with E-state index in [1.165, 1.54) is 11.6 Å². The Morgan fingerprint density at radius 1 is 1.35 bits per heavy atom. The molecule has 1 aromatic carbocycles. The van der Waals surface area contributed by atoms with E-state index >= 15 is 0 Å². The van der Waals surface area contributed by atoms with E-state index in [4.69, 9.17) is 0 Å². The van der Waals surface area contributed by atoms with Gasteiger partial charge in [-0.05, 0) is 57.1 Å². The van der Waals surface area contributed by atoms with Crippen molar-refractivity contribution in [3.8, 4) is 0 Å². The molecule has 0 unspecified atom stereocenters. The second-order valence-corrected chi connectivity index (χ2v) is 7.22. The highest BCUT2D eigenvalue weighted by atomic mass is 19.1. The van der Waals surface area contributed by atoms with E-state index in [-0.39, 0.29) is 18.3 Å². The van der Waals surface area contributed by atoms with Crippen LogP contribution in [0.3, 0.4) is 0 Å². The second-order valence-electron chi connectivity index (χ2n) is 7.22. The summed E-state index contributed by atoms with van der Waals surface area (Å²) in [6, 6.07) is 8.37. The first-order valence-corrected chi connectivity index (χ1v) is 9.24. The predicted molar refractivity (Wildman–Crippen MR) is 100 cm³/mol. The summed E-state index contributed by atoms with van der Waals surface area (Å²) in [6.45, 7) is 6.78. The van der Waals surface area contributed by atoms with Crippen LogP contribution in [0, 0.1) is 18.7 Å². The van der Waals surface area contributed by atoms with Gasteiger partial charge in [0.25, 0.3) is 5.91 Å². The number of hydrogen-bond donors (Lipinski definition) is 1. The van der Waals surface area contributed by atoms with E-state index in [1.807, 2.05) is 6.92 Å². The number of nitrogens with one attached hydrogen (secondary N) is 1. The third-order valence-electron chi connectivity index (χ3n) is 5.16. The maximum absolute atomic E-state index is 14.1. The van der Waals surface area contributed by atoms with Crippen LogP contribution in [0.15, 0.2) is 42.5 Å². The first-order chi connectivity index (χ1) is 12.5. The predicted octanol–water partition coefficient (Wildman–Crippen LogP) is 4.64. The van der Waals surface area contributed by atoms with Crippen LogP contribution in [0.5, 0.6) is 0 Å². The molecule has 1 N–H and O–H groups in total. The van der Waals surface area contributed by atoms with Gasteiger partial charge in [-0.15, -0.1) is 0 Å². The Hall–Kier alpha value is -2.43. The highest BCUT2D eigenvalue weighted by molar-refractivity contribution is 5.92. The molecule has 26 heavy (non-hydrogen) atoms. The normalized spacial score (nSPS) is 15.2. The lowest BCUT2D eigenvalue weighted by Gasteiger charge is -2.28. The molecule has 1 fully saturated rings. The molecule has 3 rings (SSSR count). The quantitative estimate of drug-likeness (QED) is 0.768. The number of carbonyl (C=O) groups excluding carboxylic acids is 1. The number of allylic oxidation sites excluding steroid dienone is 1. The van der Waals surface area contributed by atoms with Crippen LogP contribution in [0.1, 0.15) is 53.8 Å². The molecule has 4 nitrogen and oxygen atoms in total. The molecule has 1 saturated carbocycles. The number of carbonyl (C=O) groups is 1. The fourth-order valence-electron chi connectivity index (χ4n) is 3.50. The van der Waals surface area contributed by atoms with Crippen LogP contribution < -0.4 is 0 Å². The highest BCUT2D eigenvalue weighted by Gasteiger charge is 2.22. The molecule has 0 bridgehead atoms. The van der Waals surface area contributed by atoms with Crippen molar-refractivity contribution in [2.45, 2.75) is 45.6 Å². The summed E-state index contributed by atoms with van der Waals surface area (Å²) < 4.78 is 14.1. The summed E-state index contributed by atoms with van der Waals surface area (Å²) in [6.07, 6.45) is 5.34. The van der Waals surface area contributed by atoms with E-state index in [0.29, 0.717) is 23.7 Å².